The molecule has 0 saturated carbocycles. The van der Waals surface area contributed by atoms with E-state index < -0.39 is 27.9 Å². The van der Waals surface area contributed by atoms with Gasteiger partial charge >= 0.3 is 5.97 Å². The van der Waals surface area contributed by atoms with Crippen molar-refractivity contribution >= 4 is 21.7 Å². The van der Waals surface area contributed by atoms with Crippen molar-refractivity contribution in [2.24, 2.45) is 5.14 Å². The first-order valence-electron chi connectivity index (χ1n) is 6.04. The summed E-state index contributed by atoms with van der Waals surface area (Å²) in [6, 6.07) is 2.79. The van der Waals surface area contributed by atoms with Gasteiger partial charge in [0.1, 0.15) is 5.82 Å². The van der Waals surface area contributed by atoms with E-state index in [0.29, 0.717) is 6.42 Å². The van der Waals surface area contributed by atoms with E-state index >= 15 is 0 Å². The van der Waals surface area contributed by atoms with Gasteiger partial charge in [0.2, 0.25) is 10.0 Å². The normalized spacial score (nSPS) is 12.9. The molecule has 8 heteroatoms. The number of hydrogen-bond acceptors (Lipinski definition) is 4. The van der Waals surface area contributed by atoms with E-state index in [9.17, 15) is 17.6 Å². The third-order valence-corrected chi connectivity index (χ3v) is 3.60. The molecule has 1 aromatic rings. The third kappa shape index (κ3) is 4.78. The number of hydrogen-bond donors (Lipinski definition) is 3. The zero-order valence-corrected chi connectivity index (χ0v) is 11.8. The number of primary sulfonamides is 1. The second kappa shape index (κ2) is 6.67. The van der Waals surface area contributed by atoms with Gasteiger partial charge in [-0.05, 0) is 24.6 Å². The largest absolute Gasteiger partial charge is 0.481 e. The molecule has 0 aliphatic carbocycles. The van der Waals surface area contributed by atoms with Crippen molar-refractivity contribution in [3.63, 3.8) is 0 Å². The first kappa shape index (κ1) is 16.4. The van der Waals surface area contributed by atoms with Crippen LogP contribution in [0.2, 0.25) is 0 Å². The second-order valence-corrected chi connectivity index (χ2v) is 5.98. The number of nitrogens with two attached hydrogens (primary N) is 1. The number of benzene rings is 1. The van der Waals surface area contributed by atoms with Crippen LogP contribution in [0.5, 0.6) is 0 Å². The standard InChI is InChI=1S/C12H17FN2O4S/c1-2-3-8(6-12(16)17)15-11-5-4-9(7-10(11)13)20(14,18)19/h4-5,7-8,15H,2-3,6H2,1H3,(H,16,17)(H2,14,18,19). The van der Waals surface area contributed by atoms with Crippen molar-refractivity contribution in [1.29, 1.82) is 0 Å². The van der Waals surface area contributed by atoms with E-state index in [1.807, 2.05) is 6.92 Å². The molecule has 1 unspecified atom stereocenters. The lowest BCUT2D eigenvalue weighted by Gasteiger charge is -2.18. The molecule has 4 N–H and O–H groups in total. The molecule has 0 aromatic heterocycles. The maximum Gasteiger partial charge on any atom is 0.305 e. The minimum atomic E-state index is -3.96. The van der Waals surface area contributed by atoms with E-state index in [1.54, 1.807) is 0 Å². The molecule has 0 amide bonds. The van der Waals surface area contributed by atoms with E-state index in [1.165, 1.54) is 12.1 Å². The Morgan fingerprint density at radius 2 is 2.15 bits per heavy atom. The van der Waals surface area contributed by atoms with Gasteiger partial charge in [-0.15, -0.1) is 0 Å². The van der Waals surface area contributed by atoms with Crippen LogP contribution in [0.25, 0.3) is 0 Å². The van der Waals surface area contributed by atoms with Gasteiger partial charge in [-0.25, -0.2) is 17.9 Å². The van der Waals surface area contributed by atoms with E-state index in [4.69, 9.17) is 10.2 Å². The summed E-state index contributed by atoms with van der Waals surface area (Å²) in [4.78, 5) is 10.4. The zero-order chi connectivity index (χ0) is 15.3. The average molecular weight is 304 g/mol. The van der Waals surface area contributed by atoms with Crippen LogP contribution in [-0.2, 0) is 14.8 Å². The van der Waals surface area contributed by atoms with Crippen LogP contribution in [0.4, 0.5) is 10.1 Å². The van der Waals surface area contributed by atoms with E-state index in [-0.39, 0.29) is 17.0 Å². The Kier molecular flexibility index (Phi) is 5.46. The van der Waals surface area contributed by atoms with Gasteiger partial charge in [0.15, 0.2) is 0 Å². The molecule has 0 radical (unpaired) electrons. The van der Waals surface area contributed by atoms with Crippen LogP contribution in [0.15, 0.2) is 23.1 Å². The lowest BCUT2D eigenvalue weighted by molar-refractivity contribution is -0.137. The number of rotatable bonds is 7. The summed E-state index contributed by atoms with van der Waals surface area (Å²) < 4.78 is 35.9. The molecule has 1 rings (SSSR count). The molecule has 1 aromatic carbocycles. The maximum atomic E-state index is 13.8. The highest BCUT2D eigenvalue weighted by Gasteiger charge is 2.16. The van der Waals surface area contributed by atoms with Gasteiger partial charge in [0.25, 0.3) is 0 Å². The molecule has 0 aliphatic heterocycles. The Labute approximate surface area is 116 Å². The summed E-state index contributed by atoms with van der Waals surface area (Å²) in [5.74, 6) is -1.78. The monoisotopic (exact) mass is 304 g/mol. The number of carboxylic acid groups (broad SMARTS) is 1. The molecule has 6 nitrogen and oxygen atoms in total. The van der Waals surface area contributed by atoms with Gasteiger partial charge in [0, 0.05) is 6.04 Å². The Hall–Kier alpha value is -1.67. The van der Waals surface area contributed by atoms with Crippen LogP contribution in [0.3, 0.4) is 0 Å². The number of nitrogens with one attached hydrogen (secondary N) is 1. The van der Waals surface area contributed by atoms with E-state index in [0.717, 1.165) is 12.5 Å². The summed E-state index contributed by atoms with van der Waals surface area (Å²) in [7, 11) is -3.96. The Morgan fingerprint density at radius 3 is 2.60 bits per heavy atom. The molecule has 0 fully saturated rings. The molecule has 20 heavy (non-hydrogen) atoms. The van der Waals surface area contributed by atoms with Crippen LogP contribution in [-0.4, -0.2) is 25.5 Å². The first-order valence-corrected chi connectivity index (χ1v) is 7.59. The fraction of sp³-hybridized carbons (Fsp3) is 0.417. The van der Waals surface area contributed by atoms with Crippen molar-refractivity contribution in [2.75, 3.05) is 5.32 Å². The molecular weight excluding hydrogens is 287 g/mol. The van der Waals surface area contributed by atoms with Gasteiger partial charge in [0.05, 0.1) is 17.0 Å². The first-order chi connectivity index (χ1) is 9.24. The quantitative estimate of drug-likeness (QED) is 0.707. The van der Waals surface area contributed by atoms with Crippen molar-refractivity contribution in [2.45, 2.75) is 37.1 Å². The summed E-state index contributed by atoms with van der Waals surface area (Å²) >= 11 is 0. The number of sulfonamides is 1. The minimum Gasteiger partial charge on any atom is -0.481 e. The lowest BCUT2D eigenvalue weighted by atomic mass is 10.1. The smallest absolute Gasteiger partial charge is 0.305 e. The highest BCUT2D eigenvalue weighted by atomic mass is 32.2. The molecule has 0 saturated heterocycles. The summed E-state index contributed by atoms with van der Waals surface area (Å²) in [5, 5.41) is 16.4. The van der Waals surface area contributed by atoms with Crippen molar-refractivity contribution in [3.05, 3.63) is 24.0 Å². The molecule has 0 aliphatic rings. The van der Waals surface area contributed by atoms with E-state index in [2.05, 4.69) is 5.32 Å². The Morgan fingerprint density at radius 1 is 1.50 bits per heavy atom. The van der Waals surface area contributed by atoms with Gasteiger partial charge in [-0.1, -0.05) is 13.3 Å². The molecule has 1 atom stereocenters. The fourth-order valence-electron chi connectivity index (χ4n) is 1.79. The topological polar surface area (TPSA) is 109 Å². The van der Waals surface area contributed by atoms with Gasteiger partial charge < -0.3 is 10.4 Å². The summed E-state index contributed by atoms with van der Waals surface area (Å²) in [5.41, 5.74) is 0.0529. The fourth-order valence-corrected chi connectivity index (χ4v) is 2.32. The van der Waals surface area contributed by atoms with Crippen LogP contribution in [0.1, 0.15) is 26.2 Å². The average Bonchev–Trinajstić information content (AvgIpc) is 2.29. The number of carbonyl (C=O) groups is 1. The zero-order valence-electron chi connectivity index (χ0n) is 11.0. The molecular formula is C12H17FN2O4S. The highest BCUT2D eigenvalue weighted by molar-refractivity contribution is 7.89. The SMILES string of the molecule is CCCC(CC(=O)O)Nc1ccc(S(N)(=O)=O)cc1F. The summed E-state index contributed by atoms with van der Waals surface area (Å²) in [6.07, 6.45) is 1.15. The predicted molar refractivity (Wildman–Crippen MR) is 72.3 cm³/mol. The molecule has 0 heterocycles. The van der Waals surface area contributed by atoms with Crippen LogP contribution >= 0.6 is 0 Å². The maximum absolute atomic E-state index is 13.8. The van der Waals surface area contributed by atoms with Crippen molar-refractivity contribution in [3.8, 4) is 0 Å². The second-order valence-electron chi connectivity index (χ2n) is 4.41. The molecule has 0 spiro atoms. The number of halogens is 1. The minimum absolute atomic E-state index is 0.0529. The van der Waals surface area contributed by atoms with Crippen molar-refractivity contribution in [1.82, 2.24) is 0 Å². The number of anilines is 1. The number of carboxylic acids is 1. The number of aliphatic carboxylic acids is 1. The Bertz CT molecular complexity index is 589. The molecule has 0 bridgehead atoms. The van der Waals surface area contributed by atoms with Crippen LogP contribution < -0.4 is 10.5 Å². The Balaban J connectivity index is 2.93. The molecule has 112 valence electrons. The van der Waals surface area contributed by atoms with Gasteiger partial charge in [-0.3, -0.25) is 4.79 Å². The van der Waals surface area contributed by atoms with Crippen LogP contribution in [0, 0.1) is 5.82 Å². The van der Waals surface area contributed by atoms with Gasteiger partial charge in [-0.2, -0.15) is 0 Å². The van der Waals surface area contributed by atoms with Crippen molar-refractivity contribution < 1.29 is 22.7 Å². The third-order valence-electron chi connectivity index (χ3n) is 2.69. The lowest BCUT2D eigenvalue weighted by Crippen LogP contribution is -2.23. The summed E-state index contributed by atoms with van der Waals surface area (Å²) in [6.45, 7) is 1.89. The predicted octanol–water partition coefficient (Wildman–Crippen LogP) is 1.53. The highest BCUT2D eigenvalue weighted by Crippen LogP contribution is 2.20.